The molecule has 0 spiro atoms. The van der Waals surface area contributed by atoms with Gasteiger partial charge in [0.05, 0.1) is 0 Å². The number of nitrogen functional groups attached to an aromatic ring is 1. The van der Waals surface area contributed by atoms with Gasteiger partial charge >= 0.3 is 5.97 Å². The fourth-order valence-corrected chi connectivity index (χ4v) is 11.3. The minimum absolute atomic E-state index is 0.0884. The minimum Gasteiger partial charge on any atom is -0.504 e. The molecule has 17 nitrogen and oxygen atoms in total. The first-order chi connectivity index (χ1) is 26.7. The highest BCUT2D eigenvalue weighted by atomic mass is 32.2. The zero-order chi connectivity index (χ0) is 39.7. The molecule has 56 heavy (non-hydrogen) atoms. The number of nitrogens with one attached hydrogen (secondary N) is 1. The van der Waals surface area contributed by atoms with Crippen LogP contribution in [0.25, 0.3) is 5.78 Å². The Morgan fingerprint density at radius 3 is 2.71 bits per heavy atom. The van der Waals surface area contributed by atoms with Gasteiger partial charge in [-0.25, -0.2) is 14.8 Å². The summed E-state index contributed by atoms with van der Waals surface area (Å²) in [5, 5.41) is 43.8. The molecule has 2 aliphatic heterocycles. The smallest absolute Gasteiger partial charge is 0.352 e. The summed E-state index contributed by atoms with van der Waals surface area (Å²) in [4.78, 5) is 59.5. The predicted molar refractivity (Wildman–Crippen MR) is 207 cm³/mol. The number of thioether (sulfide) groups is 2. The van der Waals surface area contributed by atoms with Gasteiger partial charge in [0.2, 0.25) is 0 Å². The van der Waals surface area contributed by atoms with Gasteiger partial charge in [-0.15, -0.1) is 34.9 Å². The highest BCUT2D eigenvalue weighted by molar-refractivity contribution is 8.01. The number of phenolic OH excluding ortho intramolecular Hbond substituents is 2. The lowest BCUT2D eigenvalue weighted by atomic mass is 9.88. The minimum atomic E-state index is -1.25. The normalized spacial score (nSPS) is 25.3. The number of benzene rings is 1. The molecule has 2 amide bonds. The van der Waals surface area contributed by atoms with Crippen LogP contribution in [0.15, 0.2) is 51.4 Å². The van der Waals surface area contributed by atoms with Crippen molar-refractivity contribution < 1.29 is 39.3 Å². The van der Waals surface area contributed by atoms with Gasteiger partial charge in [0, 0.05) is 45.5 Å². The third kappa shape index (κ3) is 6.46. The Labute approximate surface area is 332 Å². The predicted octanol–water partition coefficient (Wildman–Crippen LogP) is 3.93. The van der Waals surface area contributed by atoms with Gasteiger partial charge in [-0.2, -0.15) is 14.6 Å². The van der Waals surface area contributed by atoms with E-state index in [1.165, 1.54) is 52.3 Å². The number of carbonyl (C=O) groups is 3. The second kappa shape index (κ2) is 14.1. The molecule has 4 aromatic rings. The maximum Gasteiger partial charge on any atom is 0.352 e. The highest BCUT2D eigenvalue weighted by Crippen LogP contribution is 2.70. The molecule has 2 saturated carbocycles. The molecular weight excluding hydrogens is 783 g/mol. The zero-order valence-corrected chi connectivity index (χ0v) is 33.2. The monoisotopic (exact) mass is 821 g/mol. The van der Waals surface area contributed by atoms with Gasteiger partial charge in [0.15, 0.2) is 22.3 Å². The number of rotatable bonds is 12. The largest absolute Gasteiger partial charge is 0.504 e. The number of nitrogens with two attached hydrogens (primary N) is 1. The van der Waals surface area contributed by atoms with Crippen LogP contribution in [0.5, 0.6) is 17.2 Å². The molecule has 1 saturated heterocycles. The molecule has 5 atom stereocenters. The molecule has 0 radical (unpaired) electrons. The molecule has 5 heterocycles. The summed E-state index contributed by atoms with van der Waals surface area (Å²) in [5.74, 6) is -1.23. The third-order valence-corrected chi connectivity index (χ3v) is 14.2. The number of ether oxygens (including phenoxy) is 1. The summed E-state index contributed by atoms with van der Waals surface area (Å²) in [5.41, 5.74) is 6.74. The molecule has 2 aliphatic carbocycles. The van der Waals surface area contributed by atoms with Crippen LogP contribution in [0, 0.1) is 24.2 Å². The molecule has 3 fully saturated rings. The third-order valence-electron chi connectivity index (χ3n) is 11.1. The number of amides is 2. The molecular formula is C36H39N9O8S3. The standard InChI is InChI=1S/C36H39N9O8S3/c1-16-5-6-24-35(3,4)36(24,10-16)53-23-9-22(47)21(46)8-18(23)11-52-43-26(20-14-56-33(37)41-20)29(48)42-27-30(49)44-28(32(50)51)19(13-55-31(27)44)12-54-25-7-17(2)40-34-38-15-39-45(25)34/h7-9,14-16,24,27,31,46-47H,5-6,10-13H2,1-4H3,(H2,37,41)(H,42,48)(H,50,51)/b43-26-/t16?,24?,27-,31-,36?/m1/s1. The summed E-state index contributed by atoms with van der Waals surface area (Å²) in [6.45, 7) is 8.13. The van der Waals surface area contributed by atoms with Crippen molar-refractivity contribution in [1.29, 1.82) is 0 Å². The Bertz CT molecular complexity index is 2340. The van der Waals surface area contributed by atoms with Gasteiger partial charge in [-0.05, 0) is 43.4 Å². The van der Waals surface area contributed by atoms with Crippen molar-refractivity contribution in [3.05, 3.63) is 58.1 Å². The lowest BCUT2D eigenvalue weighted by Gasteiger charge is -2.49. The topological polar surface area (TPSA) is 240 Å². The molecule has 8 rings (SSSR count). The highest BCUT2D eigenvalue weighted by Gasteiger charge is 2.74. The molecule has 4 aliphatic rings. The van der Waals surface area contributed by atoms with Crippen LogP contribution >= 0.6 is 34.9 Å². The Balaban J connectivity index is 0.987. The first-order valence-electron chi connectivity index (χ1n) is 17.8. The lowest BCUT2D eigenvalue weighted by Crippen LogP contribution is -2.71. The first kappa shape index (κ1) is 37.8. The number of carboxylic acid groups (broad SMARTS) is 1. The first-order valence-corrected chi connectivity index (χ1v) is 20.8. The van der Waals surface area contributed by atoms with Crippen LogP contribution in [-0.4, -0.2) is 96.8 Å². The van der Waals surface area contributed by atoms with E-state index in [0.29, 0.717) is 40.3 Å². The Morgan fingerprint density at radius 1 is 1.18 bits per heavy atom. The summed E-state index contributed by atoms with van der Waals surface area (Å²) in [7, 11) is 0. The average Bonchev–Trinajstić information content (AvgIpc) is 3.57. The van der Waals surface area contributed by atoms with E-state index in [0.717, 1.165) is 41.3 Å². The van der Waals surface area contributed by atoms with Crippen molar-refractivity contribution in [1.82, 2.24) is 34.8 Å². The number of carboxylic acids is 1. The second-order valence-electron chi connectivity index (χ2n) is 15.0. The lowest BCUT2D eigenvalue weighted by molar-refractivity contribution is -0.150. The SMILES string of the molecule is Cc1cc(SCC2=C(C(=O)O)N3C(=O)[C@@H](NC(=O)/C(=N\OCc4cc(O)c(O)cc4OC45CC(C)CCC4C5(C)C)c4csc(N)n4)[C@H]3SC2)n2ncnc2n1. The number of oxime groups is 1. The summed E-state index contributed by atoms with van der Waals surface area (Å²) >= 11 is 3.77. The summed E-state index contributed by atoms with van der Waals surface area (Å²) < 4.78 is 8.25. The van der Waals surface area contributed by atoms with Crippen LogP contribution in [0.1, 0.15) is 57.0 Å². The number of aryl methyl sites for hydroxylation is 1. The van der Waals surface area contributed by atoms with Gasteiger partial charge in [0.1, 0.15) is 52.1 Å². The van der Waals surface area contributed by atoms with Crippen LogP contribution in [0.4, 0.5) is 5.13 Å². The van der Waals surface area contributed by atoms with E-state index in [1.807, 2.05) is 13.0 Å². The van der Waals surface area contributed by atoms with Crippen LogP contribution in [-0.2, 0) is 25.8 Å². The maximum atomic E-state index is 13.8. The molecule has 294 valence electrons. The number of phenols is 2. The van der Waals surface area contributed by atoms with Crippen molar-refractivity contribution in [2.24, 2.45) is 22.4 Å². The van der Waals surface area contributed by atoms with Gasteiger partial charge in [0.25, 0.3) is 17.6 Å². The van der Waals surface area contributed by atoms with Crippen LogP contribution < -0.4 is 15.8 Å². The van der Waals surface area contributed by atoms with Crippen LogP contribution in [0.2, 0.25) is 0 Å². The van der Waals surface area contributed by atoms with E-state index in [-0.39, 0.29) is 51.5 Å². The van der Waals surface area contributed by atoms with Crippen LogP contribution in [0.3, 0.4) is 0 Å². The zero-order valence-electron chi connectivity index (χ0n) is 30.8. The van der Waals surface area contributed by atoms with Crippen molar-refractivity contribution in [3.8, 4) is 17.2 Å². The molecule has 0 bridgehead atoms. The molecule has 3 aromatic heterocycles. The summed E-state index contributed by atoms with van der Waals surface area (Å²) in [6.07, 6.45) is 4.37. The number of carbonyl (C=O) groups excluding carboxylic acids is 2. The number of aromatic nitrogens is 5. The number of hydrogen-bond acceptors (Lipinski definition) is 16. The van der Waals surface area contributed by atoms with E-state index in [4.69, 9.17) is 15.3 Å². The Hall–Kier alpha value is -5.08. The quantitative estimate of drug-likeness (QED) is 0.0340. The van der Waals surface area contributed by atoms with Crippen molar-refractivity contribution >= 4 is 69.3 Å². The van der Waals surface area contributed by atoms with E-state index in [2.05, 4.69) is 51.3 Å². The van der Waals surface area contributed by atoms with Gasteiger partial charge < -0.3 is 35.9 Å². The van der Waals surface area contributed by atoms with Crippen molar-refractivity contribution in [2.75, 3.05) is 17.2 Å². The fourth-order valence-electron chi connectivity index (χ4n) is 8.18. The van der Waals surface area contributed by atoms with Crippen molar-refractivity contribution in [2.45, 2.75) is 75.6 Å². The van der Waals surface area contributed by atoms with Gasteiger partial charge in [-0.1, -0.05) is 32.3 Å². The maximum absolute atomic E-state index is 13.8. The molecule has 3 unspecified atom stereocenters. The molecule has 20 heteroatoms. The second-order valence-corrected chi connectivity index (χ2v) is 18.0. The number of thiazole rings is 1. The van der Waals surface area contributed by atoms with E-state index in [9.17, 15) is 29.7 Å². The average molecular weight is 822 g/mol. The molecule has 6 N–H and O–H groups in total. The number of fused-ring (bicyclic) bond motifs is 3. The Morgan fingerprint density at radius 2 is 1.96 bits per heavy atom. The number of β-lactam (4-membered cyclic amide) rings is 1. The number of hydrogen-bond donors (Lipinski definition) is 5. The molecule has 1 aromatic carbocycles. The Kier molecular flexibility index (Phi) is 9.55. The number of anilines is 1. The number of aliphatic carboxylic acids is 1. The number of aromatic hydroxyl groups is 2. The van der Waals surface area contributed by atoms with E-state index < -0.39 is 34.8 Å². The number of nitrogens with zero attached hydrogens (tertiary/aromatic N) is 7. The van der Waals surface area contributed by atoms with E-state index in [1.54, 1.807) is 4.52 Å². The fraction of sp³-hybridized carbons (Fsp3) is 0.444. The van der Waals surface area contributed by atoms with E-state index >= 15 is 0 Å². The van der Waals surface area contributed by atoms with Crippen molar-refractivity contribution in [3.63, 3.8) is 0 Å². The summed E-state index contributed by atoms with van der Waals surface area (Å²) in [6, 6.07) is 3.47. The van der Waals surface area contributed by atoms with Gasteiger partial charge in [-0.3, -0.25) is 14.5 Å².